The van der Waals surface area contributed by atoms with Gasteiger partial charge in [0.15, 0.2) is 6.61 Å². The van der Waals surface area contributed by atoms with E-state index in [-0.39, 0.29) is 12.5 Å². The fraction of sp³-hybridized carbons (Fsp3) is 0.235. The fourth-order valence-electron chi connectivity index (χ4n) is 1.79. The third-order valence-electron chi connectivity index (χ3n) is 2.91. The second kappa shape index (κ2) is 9.28. The van der Waals surface area contributed by atoms with Crippen LogP contribution in [-0.4, -0.2) is 25.7 Å². The molecule has 0 aliphatic rings. The minimum absolute atomic E-state index is 0.0963. The number of halogens is 2. The molecule has 1 N–H and O–H groups in total. The number of carbonyl (C=O) groups excluding carboxylic acids is 1. The second-order valence-corrected chi connectivity index (χ2v) is 5.57. The molecule has 0 saturated heterocycles. The van der Waals surface area contributed by atoms with Gasteiger partial charge >= 0.3 is 0 Å². The van der Waals surface area contributed by atoms with Crippen molar-refractivity contribution in [3.8, 4) is 11.5 Å². The summed E-state index contributed by atoms with van der Waals surface area (Å²) in [5, 5.41) is 3.65. The highest BCUT2D eigenvalue weighted by Gasteiger charge is 2.06. The lowest BCUT2D eigenvalue weighted by Gasteiger charge is -2.09. The van der Waals surface area contributed by atoms with Gasteiger partial charge in [-0.3, -0.25) is 4.79 Å². The SMILES string of the molecule is O=C(COc1ccc(Cl)cc1Cl)NCCCOc1ccccc1. The predicted molar refractivity (Wildman–Crippen MR) is 91.5 cm³/mol. The molecule has 0 radical (unpaired) electrons. The van der Waals surface area contributed by atoms with Gasteiger partial charge in [0.25, 0.3) is 5.91 Å². The van der Waals surface area contributed by atoms with Crippen molar-refractivity contribution in [1.82, 2.24) is 5.32 Å². The van der Waals surface area contributed by atoms with Crippen molar-refractivity contribution in [1.29, 1.82) is 0 Å². The standard InChI is InChI=1S/C17H17Cl2NO3/c18-13-7-8-16(15(19)11-13)23-12-17(21)20-9-4-10-22-14-5-2-1-3-6-14/h1-3,5-8,11H,4,9-10,12H2,(H,20,21). The van der Waals surface area contributed by atoms with E-state index in [9.17, 15) is 4.79 Å². The molecule has 2 aromatic carbocycles. The summed E-state index contributed by atoms with van der Waals surface area (Å²) in [6.45, 7) is 0.957. The van der Waals surface area contributed by atoms with Gasteiger partial charge in [0.2, 0.25) is 0 Å². The van der Waals surface area contributed by atoms with Gasteiger partial charge in [0, 0.05) is 11.6 Å². The van der Waals surface area contributed by atoms with Crippen LogP contribution in [0.4, 0.5) is 0 Å². The molecule has 0 saturated carbocycles. The molecular weight excluding hydrogens is 337 g/mol. The number of carbonyl (C=O) groups is 1. The maximum atomic E-state index is 11.7. The number of benzene rings is 2. The molecule has 2 rings (SSSR count). The van der Waals surface area contributed by atoms with E-state index in [0.717, 1.165) is 5.75 Å². The summed E-state index contributed by atoms with van der Waals surface area (Å²) in [5.41, 5.74) is 0. The van der Waals surface area contributed by atoms with Gasteiger partial charge in [0.05, 0.1) is 11.6 Å². The average Bonchev–Trinajstić information content (AvgIpc) is 2.54. The highest BCUT2D eigenvalue weighted by Crippen LogP contribution is 2.27. The van der Waals surface area contributed by atoms with Crippen LogP contribution < -0.4 is 14.8 Å². The molecule has 0 aliphatic carbocycles. The van der Waals surface area contributed by atoms with E-state index in [1.165, 1.54) is 0 Å². The zero-order chi connectivity index (χ0) is 16.5. The van der Waals surface area contributed by atoms with E-state index in [1.807, 2.05) is 30.3 Å². The summed E-state index contributed by atoms with van der Waals surface area (Å²) in [7, 11) is 0. The first-order valence-electron chi connectivity index (χ1n) is 7.17. The zero-order valence-electron chi connectivity index (χ0n) is 12.4. The van der Waals surface area contributed by atoms with Crippen LogP contribution in [0.25, 0.3) is 0 Å². The lowest BCUT2D eigenvalue weighted by Crippen LogP contribution is -2.30. The summed E-state index contributed by atoms with van der Waals surface area (Å²) >= 11 is 11.8. The molecule has 0 spiro atoms. The highest BCUT2D eigenvalue weighted by atomic mass is 35.5. The first-order chi connectivity index (χ1) is 11.1. The molecule has 0 heterocycles. The van der Waals surface area contributed by atoms with Crippen LogP contribution in [0.15, 0.2) is 48.5 Å². The molecule has 0 atom stereocenters. The minimum atomic E-state index is -0.212. The van der Waals surface area contributed by atoms with E-state index in [4.69, 9.17) is 32.7 Å². The summed E-state index contributed by atoms with van der Waals surface area (Å²) in [5.74, 6) is 1.04. The number of nitrogens with one attached hydrogen (secondary N) is 1. The van der Waals surface area contributed by atoms with E-state index < -0.39 is 0 Å². The summed E-state index contributed by atoms with van der Waals surface area (Å²) in [4.78, 5) is 11.7. The Bertz CT molecular complexity index is 635. The smallest absolute Gasteiger partial charge is 0.257 e. The van der Waals surface area contributed by atoms with E-state index in [0.29, 0.717) is 35.4 Å². The van der Waals surface area contributed by atoms with Gasteiger partial charge < -0.3 is 14.8 Å². The molecular formula is C17H17Cl2NO3. The van der Waals surface area contributed by atoms with Gasteiger partial charge in [-0.05, 0) is 36.8 Å². The lowest BCUT2D eigenvalue weighted by molar-refractivity contribution is -0.123. The molecule has 122 valence electrons. The first kappa shape index (κ1) is 17.4. The van der Waals surface area contributed by atoms with Crippen LogP contribution in [0, 0.1) is 0 Å². The molecule has 23 heavy (non-hydrogen) atoms. The Morgan fingerprint density at radius 1 is 1.04 bits per heavy atom. The molecule has 0 unspecified atom stereocenters. The third-order valence-corrected chi connectivity index (χ3v) is 3.44. The summed E-state index contributed by atoms with van der Waals surface area (Å²) < 4.78 is 10.9. The number of hydrogen-bond acceptors (Lipinski definition) is 3. The van der Waals surface area contributed by atoms with Crippen molar-refractivity contribution < 1.29 is 14.3 Å². The second-order valence-electron chi connectivity index (χ2n) is 4.73. The monoisotopic (exact) mass is 353 g/mol. The van der Waals surface area contributed by atoms with Crippen LogP contribution in [0.2, 0.25) is 10.0 Å². The quantitative estimate of drug-likeness (QED) is 0.730. The molecule has 6 heteroatoms. The minimum Gasteiger partial charge on any atom is -0.494 e. The van der Waals surface area contributed by atoms with Crippen molar-refractivity contribution in [2.45, 2.75) is 6.42 Å². The molecule has 4 nitrogen and oxygen atoms in total. The summed E-state index contributed by atoms with van der Waals surface area (Å²) in [6.07, 6.45) is 0.711. The van der Waals surface area contributed by atoms with Crippen LogP contribution in [0.3, 0.4) is 0 Å². The molecule has 2 aromatic rings. The average molecular weight is 354 g/mol. The van der Waals surface area contributed by atoms with E-state index in [2.05, 4.69) is 5.32 Å². The fourth-order valence-corrected chi connectivity index (χ4v) is 2.26. The van der Waals surface area contributed by atoms with Gasteiger partial charge in [-0.15, -0.1) is 0 Å². The summed E-state index contributed by atoms with van der Waals surface area (Å²) in [6, 6.07) is 14.4. The van der Waals surface area contributed by atoms with Crippen molar-refractivity contribution in [2.24, 2.45) is 0 Å². The van der Waals surface area contributed by atoms with Crippen molar-refractivity contribution in [3.63, 3.8) is 0 Å². The lowest BCUT2D eigenvalue weighted by atomic mass is 10.3. The van der Waals surface area contributed by atoms with Crippen LogP contribution in [0.5, 0.6) is 11.5 Å². The highest BCUT2D eigenvalue weighted by molar-refractivity contribution is 6.35. The number of hydrogen-bond donors (Lipinski definition) is 1. The van der Waals surface area contributed by atoms with Crippen molar-refractivity contribution in [2.75, 3.05) is 19.8 Å². The normalized spacial score (nSPS) is 10.2. The Morgan fingerprint density at radius 2 is 1.83 bits per heavy atom. The Kier molecular flexibility index (Phi) is 7.04. The predicted octanol–water partition coefficient (Wildman–Crippen LogP) is 3.96. The zero-order valence-corrected chi connectivity index (χ0v) is 13.9. The molecule has 0 aliphatic heterocycles. The number of rotatable bonds is 8. The van der Waals surface area contributed by atoms with Gasteiger partial charge in [-0.1, -0.05) is 41.4 Å². The van der Waals surface area contributed by atoms with Crippen LogP contribution in [-0.2, 0) is 4.79 Å². The van der Waals surface area contributed by atoms with Crippen molar-refractivity contribution in [3.05, 3.63) is 58.6 Å². The maximum Gasteiger partial charge on any atom is 0.257 e. The van der Waals surface area contributed by atoms with Gasteiger partial charge in [-0.25, -0.2) is 0 Å². The first-order valence-corrected chi connectivity index (χ1v) is 7.93. The Balaban J connectivity index is 1.60. The van der Waals surface area contributed by atoms with E-state index >= 15 is 0 Å². The largest absolute Gasteiger partial charge is 0.494 e. The molecule has 0 aromatic heterocycles. The Labute approximate surface area is 145 Å². The van der Waals surface area contributed by atoms with Crippen LogP contribution in [0.1, 0.15) is 6.42 Å². The van der Waals surface area contributed by atoms with Gasteiger partial charge in [-0.2, -0.15) is 0 Å². The van der Waals surface area contributed by atoms with E-state index in [1.54, 1.807) is 18.2 Å². The van der Waals surface area contributed by atoms with Crippen molar-refractivity contribution >= 4 is 29.1 Å². The maximum absolute atomic E-state index is 11.7. The molecule has 0 fully saturated rings. The number of ether oxygens (including phenoxy) is 2. The van der Waals surface area contributed by atoms with Gasteiger partial charge in [0.1, 0.15) is 11.5 Å². The topological polar surface area (TPSA) is 47.6 Å². The number of para-hydroxylation sites is 1. The third kappa shape index (κ3) is 6.38. The Morgan fingerprint density at radius 3 is 2.57 bits per heavy atom. The Hall–Kier alpha value is -1.91. The molecule has 1 amide bonds. The molecule has 0 bridgehead atoms. The van der Waals surface area contributed by atoms with Crippen LogP contribution >= 0.6 is 23.2 Å². The number of amides is 1.